The van der Waals surface area contributed by atoms with Gasteiger partial charge in [-0.25, -0.2) is 0 Å². The molecular formula is C15H21ClN2. The van der Waals surface area contributed by atoms with Crippen molar-refractivity contribution in [1.29, 1.82) is 0 Å². The lowest BCUT2D eigenvalue weighted by Crippen LogP contribution is -2.25. The maximum Gasteiger partial charge on any atom is 0.0595 e. The summed E-state index contributed by atoms with van der Waals surface area (Å²) >= 11 is 6.11. The van der Waals surface area contributed by atoms with Gasteiger partial charge < -0.3 is 4.90 Å². The average Bonchev–Trinajstić information content (AvgIpc) is 2.28. The van der Waals surface area contributed by atoms with Crippen LogP contribution in [0.3, 0.4) is 0 Å². The van der Waals surface area contributed by atoms with Crippen LogP contribution in [0.25, 0.3) is 5.57 Å². The van der Waals surface area contributed by atoms with Crippen molar-refractivity contribution >= 4 is 17.2 Å². The number of nitrogens with zero attached hydrogens (tertiary/aromatic N) is 2. The number of halogens is 1. The molecule has 0 saturated heterocycles. The van der Waals surface area contributed by atoms with Gasteiger partial charge in [0.2, 0.25) is 0 Å². The van der Waals surface area contributed by atoms with Gasteiger partial charge in [0.25, 0.3) is 0 Å². The summed E-state index contributed by atoms with van der Waals surface area (Å²) in [5.74, 6) is 0. The first-order valence-corrected chi connectivity index (χ1v) is 6.79. The van der Waals surface area contributed by atoms with Crippen LogP contribution in [0.1, 0.15) is 38.4 Å². The number of hydrogen-bond donors (Lipinski definition) is 0. The second-order valence-corrected chi connectivity index (χ2v) is 6.48. The van der Waals surface area contributed by atoms with Crippen molar-refractivity contribution in [3.63, 3.8) is 0 Å². The van der Waals surface area contributed by atoms with Crippen LogP contribution >= 0.6 is 11.6 Å². The lowest BCUT2D eigenvalue weighted by atomic mass is 9.85. The molecule has 98 valence electrons. The molecule has 2 nitrogen and oxygen atoms in total. The highest BCUT2D eigenvalue weighted by Gasteiger charge is 2.22. The van der Waals surface area contributed by atoms with Gasteiger partial charge in [-0.2, -0.15) is 0 Å². The van der Waals surface area contributed by atoms with Gasteiger partial charge in [0, 0.05) is 30.3 Å². The highest BCUT2D eigenvalue weighted by Crippen LogP contribution is 2.32. The average molecular weight is 265 g/mol. The van der Waals surface area contributed by atoms with Crippen molar-refractivity contribution in [3.05, 3.63) is 34.6 Å². The van der Waals surface area contributed by atoms with Crippen molar-refractivity contribution in [2.24, 2.45) is 0 Å². The third-order valence-corrected chi connectivity index (χ3v) is 3.53. The predicted octanol–water partition coefficient (Wildman–Crippen LogP) is 3.75. The van der Waals surface area contributed by atoms with E-state index in [2.05, 4.69) is 49.8 Å². The molecule has 2 rings (SSSR count). The molecule has 0 unspecified atom stereocenters. The van der Waals surface area contributed by atoms with Crippen LogP contribution in [0, 0.1) is 0 Å². The van der Waals surface area contributed by atoms with Crippen LogP contribution in [0.15, 0.2) is 18.3 Å². The van der Waals surface area contributed by atoms with Crippen LogP contribution in [-0.4, -0.2) is 30.0 Å². The van der Waals surface area contributed by atoms with Gasteiger partial charge in [-0.3, -0.25) is 4.98 Å². The molecule has 0 bridgehead atoms. The Morgan fingerprint density at radius 2 is 2.06 bits per heavy atom. The first kappa shape index (κ1) is 13.6. The van der Waals surface area contributed by atoms with Crippen LogP contribution in [-0.2, 0) is 5.41 Å². The Labute approximate surface area is 115 Å². The highest BCUT2D eigenvalue weighted by molar-refractivity contribution is 6.30. The van der Waals surface area contributed by atoms with Crippen molar-refractivity contribution < 1.29 is 0 Å². The van der Waals surface area contributed by atoms with Gasteiger partial charge in [-0.1, -0.05) is 38.4 Å². The number of likely N-dealkylation sites (N-methyl/N-ethyl adjacent to an activating group) is 1. The Hall–Kier alpha value is -0.860. The summed E-state index contributed by atoms with van der Waals surface area (Å²) < 4.78 is 0. The summed E-state index contributed by atoms with van der Waals surface area (Å²) in [5, 5.41) is 0.720. The second-order valence-electron chi connectivity index (χ2n) is 6.04. The normalized spacial score (nSPS) is 17.7. The molecule has 2 heterocycles. The van der Waals surface area contributed by atoms with Crippen molar-refractivity contribution in [1.82, 2.24) is 9.88 Å². The Balaban J connectivity index is 2.46. The maximum atomic E-state index is 6.11. The zero-order valence-corrected chi connectivity index (χ0v) is 12.4. The lowest BCUT2D eigenvalue weighted by Gasteiger charge is -2.27. The summed E-state index contributed by atoms with van der Waals surface area (Å²) in [6, 6.07) is 2.06. The van der Waals surface area contributed by atoms with Crippen LogP contribution in [0.2, 0.25) is 5.02 Å². The third-order valence-electron chi connectivity index (χ3n) is 3.32. The van der Waals surface area contributed by atoms with E-state index in [1.165, 1.54) is 11.1 Å². The fourth-order valence-corrected chi connectivity index (χ4v) is 2.45. The molecule has 0 atom stereocenters. The molecule has 0 fully saturated rings. The molecule has 18 heavy (non-hydrogen) atoms. The number of aromatic nitrogens is 1. The van der Waals surface area contributed by atoms with E-state index < -0.39 is 0 Å². The largest absolute Gasteiger partial charge is 0.302 e. The molecule has 0 saturated carbocycles. The smallest absolute Gasteiger partial charge is 0.0595 e. The minimum absolute atomic E-state index is 0.0457. The Kier molecular flexibility index (Phi) is 3.79. The highest BCUT2D eigenvalue weighted by atomic mass is 35.5. The molecule has 0 spiro atoms. The SMILES string of the molecule is CN1CC=C(c2cc(Cl)cnc2C(C)(C)C)CC1. The maximum absolute atomic E-state index is 6.11. The lowest BCUT2D eigenvalue weighted by molar-refractivity contribution is 0.369. The number of rotatable bonds is 1. The Morgan fingerprint density at radius 3 is 2.61 bits per heavy atom. The first-order valence-electron chi connectivity index (χ1n) is 6.42. The van der Waals surface area contributed by atoms with Gasteiger partial charge in [-0.05, 0) is 25.1 Å². The fraction of sp³-hybridized carbons (Fsp3) is 0.533. The Morgan fingerprint density at radius 1 is 1.33 bits per heavy atom. The molecule has 1 aromatic rings. The predicted molar refractivity (Wildman–Crippen MR) is 78.0 cm³/mol. The van der Waals surface area contributed by atoms with E-state index in [4.69, 9.17) is 11.6 Å². The van der Waals surface area contributed by atoms with Gasteiger partial charge in [0.15, 0.2) is 0 Å². The molecule has 1 aliphatic heterocycles. The standard InChI is InChI=1S/C15H21ClN2/c1-15(2,3)14-13(9-12(16)10-17-14)11-5-7-18(4)8-6-11/h5,9-10H,6-8H2,1-4H3. The van der Waals surface area contributed by atoms with Crippen LogP contribution in [0.4, 0.5) is 0 Å². The van der Waals surface area contributed by atoms with Gasteiger partial charge in [-0.15, -0.1) is 0 Å². The van der Waals surface area contributed by atoms with Gasteiger partial charge >= 0.3 is 0 Å². The third kappa shape index (κ3) is 2.93. The zero-order chi connectivity index (χ0) is 13.3. The minimum atomic E-state index is 0.0457. The van der Waals surface area contributed by atoms with Crippen molar-refractivity contribution in [2.75, 3.05) is 20.1 Å². The number of hydrogen-bond acceptors (Lipinski definition) is 2. The summed E-state index contributed by atoms with van der Waals surface area (Å²) in [6.07, 6.45) is 5.12. The van der Waals surface area contributed by atoms with E-state index >= 15 is 0 Å². The minimum Gasteiger partial charge on any atom is -0.302 e. The summed E-state index contributed by atoms with van der Waals surface area (Å²) in [7, 11) is 2.15. The molecule has 3 heteroatoms. The molecule has 0 radical (unpaired) electrons. The molecule has 0 amide bonds. The molecule has 0 N–H and O–H groups in total. The van der Waals surface area contributed by atoms with E-state index in [1.807, 2.05) is 0 Å². The summed E-state index contributed by atoms with van der Waals surface area (Å²) in [5.41, 5.74) is 3.79. The first-order chi connectivity index (χ1) is 8.38. The van der Waals surface area contributed by atoms with E-state index in [9.17, 15) is 0 Å². The monoisotopic (exact) mass is 264 g/mol. The van der Waals surface area contributed by atoms with Crippen LogP contribution in [0.5, 0.6) is 0 Å². The zero-order valence-electron chi connectivity index (χ0n) is 11.6. The van der Waals surface area contributed by atoms with E-state index in [-0.39, 0.29) is 5.41 Å². The van der Waals surface area contributed by atoms with Crippen molar-refractivity contribution in [2.45, 2.75) is 32.6 Å². The van der Waals surface area contributed by atoms with Gasteiger partial charge in [0.05, 0.1) is 10.7 Å². The van der Waals surface area contributed by atoms with E-state index in [0.717, 1.165) is 30.2 Å². The van der Waals surface area contributed by atoms with E-state index in [0.29, 0.717) is 0 Å². The molecular weight excluding hydrogens is 244 g/mol. The fourth-order valence-electron chi connectivity index (χ4n) is 2.30. The summed E-state index contributed by atoms with van der Waals surface area (Å²) in [4.78, 5) is 6.88. The van der Waals surface area contributed by atoms with Gasteiger partial charge in [0.1, 0.15) is 0 Å². The van der Waals surface area contributed by atoms with E-state index in [1.54, 1.807) is 6.20 Å². The molecule has 1 aliphatic rings. The number of pyridine rings is 1. The topological polar surface area (TPSA) is 16.1 Å². The molecule has 1 aromatic heterocycles. The second kappa shape index (κ2) is 5.02. The van der Waals surface area contributed by atoms with Crippen molar-refractivity contribution in [3.8, 4) is 0 Å². The molecule has 0 aromatic carbocycles. The van der Waals surface area contributed by atoms with Crippen LogP contribution < -0.4 is 0 Å². The summed E-state index contributed by atoms with van der Waals surface area (Å²) in [6.45, 7) is 8.69. The Bertz CT molecular complexity index is 472. The quantitative estimate of drug-likeness (QED) is 0.768. The molecule has 0 aliphatic carbocycles.